The number of anilines is 1. The summed E-state index contributed by atoms with van der Waals surface area (Å²) in [5.74, 6) is 1.45. The highest BCUT2D eigenvalue weighted by Gasteiger charge is 2.25. The van der Waals surface area contributed by atoms with Gasteiger partial charge in [-0.3, -0.25) is 9.78 Å². The van der Waals surface area contributed by atoms with Crippen LogP contribution in [-0.2, 0) is 0 Å². The Morgan fingerprint density at radius 3 is 2.45 bits per heavy atom. The quantitative estimate of drug-likeness (QED) is 0.935. The second kappa shape index (κ2) is 6.40. The van der Waals surface area contributed by atoms with Crippen LogP contribution in [0.4, 0.5) is 5.69 Å². The topological polar surface area (TPSA) is 60.5 Å². The fourth-order valence-corrected chi connectivity index (χ4v) is 2.71. The van der Waals surface area contributed by atoms with Gasteiger partial charge >= 0.3 is 0 Å². The number of ketones is 1. The summed E-state index contributed by atoms with van der Waals surface area (Å²) in [6, 6.07) is 3.78. The monoisotopic (exact) mass is 322 g/mol. The summed E-state index contributed by atoms with van der Waals surface area (Å²) >= 11 is 0. The number of hydrogen-bond acceptors (Lipinski definition) is 5. The lowest BCUT2D eigenvalue weighted by Crippen LogP contribution is -2.02. The average Bonchev–Trinajstić information content (AvgIpc) is 2.84. The lowest BCUT2D eigenvalue weighted by atomic mass is 10.1. The lowest BCUT2D eigenvalue weighted by molar-refractivity contribution is 0.101. The zero-order chi connectivity index (χ0) is 15.0. The van der Waals surface area contributed by atoms with Crippen molar-refractivity contribution in [3.63, 3.8) is 0 Å². The average molecular weight is 323 g/mol. The molecule has 118 valence electrons. The Kier molecular flexibility index (Phi) is 4.76. The number of aromatic nitrogens is 1. The first-order chi connectivity index (χ1) is 10.2. The standard InChI is InChI=1S/C16H18N2O3.ClH/c1-4-20-13-6-10-11(7-14(13)21-5-2)18-9(3)15-12(19)8-17-16(10)15;/h6-7,17H,4-5,8H2,1-3H3;1H. The van der Waals surface area contributed by atoms with Gasteiger partial charge in [0, 0.05) is 11.5 Å². The van der Waals surface area contributed by atoms with E-state index >= 15 is 0 Å². The Hall–Kier alpha value is -2.01. The number of carbonyl (C=O) groups is 1. The highest BCUT2D eigenvalue weighted by atomic mass is 35.5. The smallest absolute Gasteiger partial charge is 0.185 e. The van der Waals surface area contributed by atoms with Crippen LogP contribution in [0.2, 0.25) is 0 Å². The summed E-state index contributed by atoms with van der Waals surface area (Å²) < 4.78 is 11.3. The van der Waals surface area contributed by atoms with Gasteiger partial charge in [-0.15, -0.1) is 12.4 Å². The van der Waals surface area contributed by atoms with Crippen molar-refractivity contribution < 1.29 is 14.3 Å². The molecule has 1 aromatic heterocycles. The molecule has 1 aromatic carbocycles. The van der Waals surface area contributed by atoms with Crippen molar-refractivity contribution >= 4 is 34.8 Å². The number of rotatable bonds is 4. The molecule has 0 radical (unpaired) electrons. The number of benzene rings is 1. The van der Waals surface area contributed by atoms with E-state index in [0.29, 0.717) is 36.8 Å². The van der Waals surface area contributed by atoms with Gasteiger partial charge in [-0.1, -0.05) is 0 Å². The highest BCUT2D eigenvalue weighted by molar-refractivity contribution is 6.15. The van der Waals surface area contributed by atoms with Crippen molar-refractivity contribution in [1.29, 1.82) is 0 Å². The molecule has 2 heterocycles. The maximum atomic E-state index is 12.0. The van der Waals surface area contributed by atoms with Gasteiger partial charge in [0.25, 0.3) is 0 Å². The molecular weight excluding hydrogens is 304 g/mol. The van der Waals surface area contributed by atoms with Gasteiger partial charge in [0.1, 0.15) is 0 Å². The van der Waals surface area contributed by atoms with Gasteiger partial charge in [-0.2, -0.15) is 0 Å². The fourth-order valence-electron chi connectivity index (χ4n) is 2.71. The largest absolute Gasteiger partial charge is 0.490 e. The summed E-state index contributed by atoms with van der Waals surface area (Å²) in [4.78, 5) is 16.5. The molecule has 0 unspecified atom stereocenters. The number of nitrogens with zero attached hydrogens (tertiary/aromatic N) is 1. The van der Waals surface area contributed by atoms with Crippen LogP contribution in [0.25, 0.3) is 10.9 Å². The number of halogens is 1. The molecule has 0 saturated carbocycles. The number of aryl methyl sites for hydroxylation is 1. The summed E-state index contributed by atoms with van der Waals surface area (Å²) in [6.07, 6.45) is 0. The van der Waals surface area contributed by atoms with Gasteiger partial charge in [0.15, 0.2) is 17.3 Å². The van der Waals surface area contributed by atoms with Gasteiger partial charge < -0.3 is 14.8 Å². The van der Waals surface area contributed by atoms with Crippen molar-refractivity contribution in [2.75, 3.05) is 25.1 Å². The number of ether oxygens (including phenoxy) is 2. The van der Waals surface area contributed by atoms with Gasteiger partial charge in [-0.05, 0) is 26.8 Å². The van der Waals surface area contributed by atoms with Crippen LogP contribution >= 0.6 is 12.4 Å². The highest BCUT2D eigenvalue weighted by Crippen LogP contribution is 2.38. The Labute approximate surface area is 135 Å². The molecular formula is C16H19ClN2O3. The number of hydrogen-bond donors (Lipinski definition) is 1. The summed E-state index contributed by atoms with van der Waals surface area (Å²) in [7, 11) is 0. The molecule has 22 heavy (non-hydrogen) atoms. The number of fused-ring (bicyclic) bond motifs is 3. The molecule has 0 fully saturated rings. The molecule has 3 rings (SSSR count). The number of nitrogens with one attached hydrogen (secondary N) is 1. The SMILES string of the molecule is CCOc1cc2nc(C)c3c(c2cc1OCC)NCC3=O.Cl. The third-order valence-electron chi connectivity index (χ3n) is 3.54. The summed E-state index contributed by atoms with van der Waals surface area (Å²) in [5.41, 5.74) is 3.10. The first kappa shape index (κ1) is 16.4. The van der Waals surface area contributed by atoms with E-state index in [1.165, 1.54) is 0 Å². The van der Waals surface area contributed by atoms with Crippen LogP contribution in [0.1, 0.15) is 29.9 Å². The van der Waals surface area contributed by atoms with Crippen molar-refractivity contribution in [2.24, 2.45) is 0 Å². The zero-order valence-corrected chi connectivity index (χ0v) is 13.7. The predicted molar refractivity (Wildman–Crippen MR) is 88.9 cm³/mol. The van der Waals surface area contributed by atoms with Gasteiger partial charge in [0.05, 0.1) is 42.2 Å². The minimum atomic E-state index is 0. The maximum absolute atomic E-state index is 12.0. The number of carbonyl (C=O) groups excluding carboxylic acids is 1. The Bertz CT molecular complexity index is 731. The minimum absolute atomic E-state index is 0. The predicted octanol–water partition coefficient (Wildman–Crippen LogP) is 3.37. The first-order valence-electron chi connectivity index (χ1n) is 7.16. The van der Waals surface area contributed by atoms with Crippen LogP contribution in [0.3, 0.4) is 0 Å². The molecule has 0 atom stereocenters. The Balaban J connectivity index is 0.00000176. The molecule has 2 aromatic rings. The van der Waals surface area contributed by atoms with E-state index < -0.39 is 0 Å². The number of pyridine rings is 1. The molecule has 1 aliphatic rings. The van der Waals surface area contributed by atoms with Crippen LogP contribution in [0, 0.1) is 6.92 Å². The van der Waals surface area contributed by atoms with E-state index in [1.807, 2.05) is 32.9 Å². The van der Waals surface area contributed by atoms with E-state index in [2.05, 4.69) is 10.3 Å². The Morgan fingerprint density at radius 2 is 1.82 bits per heavy atom. The molecule has 5 nitrogen and oxygen atoms in total. The third kappa shape index (κ3) is 2.57. The van der Waals surface area contributed by atoms with Gasteiger partial charge in [0.2, 0.25) is 0 Å². The van der Waals surface area contributed by atoms with Crippen LogP contribution in [0.5, 0.6) is 11.5 Å². The molecule has 0 bridgehead atoms. The van der Waals surface area contributed by atoms with E-state index in [0.717, 1.165) is 22.3 Å². The normalized spacial score (nSPS) is 12.6. The van der Waals surface area contributed by atoms with Crippen LogP contribution in [-0.4, -0.2) is 30.5 Å². The van der Waals surface area contributed by atoms with E-state index in [4.69, 9.17) is 9.47 Å². The molecule has 1 N–H and O–H groups in total. The molecule has 0 spiro atoms. The van der Waals surface area contributed by atoms with Crippen molar-refractivity contribution in [2.45, 2.75) is 20.8 Å². The van der Waals surface area contributed by atoms with E-state index in [9.17, 15) is 4.79 Å². The second-order valence-corrected chi connectivity index (χ2v) is 4.91. The van der Waals surface area contributed by atoms with Crippen LogP contribution in [0.15, 0.2) is 12.1 Å². The molecule has 0 aliphatic carbocycles. The van der Waals surface area contributed by atoms with Gasteiger partial charge in [-0.25, -0.2) is 0 Å². The van der Waals surface area contributed by atoms with E-state index in [-0.39, 0.29) is 18.2 Å². The minimum Gasteiger partial charge on any atom is -0.490 e. The molecule has 0 saturated heterocycles. The van der Waals surface area contributed by atoms with E-state index in [1.54, 1.807) is 0 Å². The zero-order valence-electron chi connectivity index (χ0n) is 12.9. The van der Waals surface area contributed by atoms with Crippen molar-refractivity contribution in [3.05, 3.63) is 23.4 Å². The first-order valence-corrected chi connectivity index (χ1v) is 7.16. The summed E-state index contributed by atoms with van der Waals surface area (Å²) in [5, 5.41) is 4.07. The summed E-state index contributed by atoms with van der Waals surface area (Å²) in [6.45, 7) is 7.17. The number of Topliss-reactive ketones (excluding diaryl/α,β-unsaturated/α-hetero) is 1. The van der Waals surface area contributed by atoms with Crippen LogP contribution < -0.4 is 14.8 Å². The second-order valence-electron chi connectivity index (χ2n) is 4.91. The lowest BCUT2D eigenvalue weighted by Gasteiger charge is -2.14. The van der Waals surface area contributed by atoms with Crippen molar-refractivity contribution in [1.82, 2.24) is 4.98 Å². The fraction of sp³-hybridized carbons (Fsp3) is 0.375. The Morgan fingerprint density at radius 1 is 1.18 bits per heavy atom. The third-order valence-corrected chi connectivity index (χ3v) is 3.54. The maximum Gasteiger partial charge on any atom is 0.185 e. The molecule has 6 heteroatoms. The molecule has 0 amide bonds. The van der Waals surface area contributed by atoms with Crippen molar-refractivity contribution in [3.8, 4) is 11.5 Å². The molecule has 1 aliphatic heterocycles.